The Morgan fingerprint density at radius 1 is 1.20 bits per heavy atom. The van der Waals surface area contributed by atoms with E-state index in [1.165, 1.54) is 12.1 Å². The van der Waals surface area contributed by atoms with Crippen LogP contribution in [0, 0.1) is 6.92 Å². The number of nitrogens with one attached hydrogen (secondary N) is 1. The summed E-state index contributed by atoms with van der Waals surface area (Å²) in [4.78, 5) is 4.24. The van der Waals surface area contributed by atoms with Crippen LogP contribution in [0.2, 0.25) is 0 Å². The fraction of sp³-hybridized carbons (Fsp3) is 0.125. The molecule has 3 aromatic rings. The zero-order valence-electron chi connectivity index (χ0n) is 12.7. The molecule has 0 atom stereocenters. The lowest BCUT2D eigenvalue weighted by atomic mass is 10.2. The lowest BCUT2D eigenvalue weighted by molar-refractivity contribution is -0.0964. The minimum Gasteiger partial charge on any atom is -0.421 e. The summed E-state index contributed by atoms with van der Waals surface area (Å²) < 4.78 is 35.0. The van der Waals surface area contributed by atoms with Crippen LogP contribution in [0.25, 0.3) is 11.5 Å². The van der Waals surface area contributed by atoms with E-state index >= 15 is 0 Å². The molecule has 0 spiro atoms. The van der Waals surface area contributed by atoms with Crippen molar-refractivity contribution in [1.29, 1.82) is 0 Å². The highest BCUT2D eigenvalue weighted by molar-refractivity contribution is 6.20. The van der Waals surface area contributed by atoms with Gasteiger partial charge in [0.15, 0.2) is 0 Å². The van der Waals surface area contributed by atoms with Crippen molar-refractivity contribution in [2.24, 2.45) is 0 Å². The first kappa shape index (κ1) is 17.1. The van der Waals surface area contributed by atoms with Crippen LogP contribution >= 0.6 is 11.6 Å². The van der Waals surface area contributed by atoms with Gasteiger partial charge in [0.1, 0.15) is 11.6 Å². The Bertz CT molecular complexity index is 850. The Hall–Kier alpha value is -2.74. The number of halogens is 3. The number of pyridine rings is 1. The lowest BCUT2D eigenvalue weighted by Gasteiger charge is -2.12. The zero-order chi connectivity index (χ0) is 17.9. The first-order valence-electron chi connectivity index (χ1n) is 7.14. The van der Waals surface area contributed by atoms with E-state index in [1.807, 2.05) is 0 Å². The van der Waals surface area contributed by atoms with Gasteiger partial charge in [-0.1, -0.05) is 0 Å². The number of benzene rings is 1. The molecule has 0 saturated carbocycles. The van der Waals surface area contributed by atoms with Gasteiger partial charge < -0.3 is 14.5 Å². The molecule has 6 nitrogen and oxygen atoms in total. The summed E-state index contributed by atoms with van der Waals surface area (Å²) in [6, 6.07) is 9.30. The summed E-state index contributed by atoms with van der Waals surface area (Å²) >= 11 is 4.73. The number of hydrogen-bond acceptors (Lipinski definition) is 6. The van der Waals surface area contributed by atoms with Crippen molar-refractivity contribution in [3.05, 3.63) is 55.4 Å². The predicted octanol–water partition coefficient (Wildman–Crippen LogP) is 4.42. The van der Waals surface area contributed by atoms with E-state index in [1.54, 1.807) is 30.5 Å². The van der Waals surface area contributed by atoms with Crippen molar-refractivity contribution < 1.29 is 17.9 Å². The molecule has 129 valence electrons. The minimum absolute atomic E-state index is 0.0659. The normalized spacial score (nSPS) is 11.4. The van der Waals surface area contributed by atoms with Gasteiger partial charge in [0, 0.05) is 29.9 Å². The van der Waals surface area contributed by atoms with Gasteiger partial charge in [-0.15, -0.1) is 19.0 Å². The Labute approximate surface area is 146 Å². The van der Waals surface area contributed by atoms with Gasteiger partial charge in [0.25, 0.3) is 5.89 Å². The Morgan fingerprint density at radius 2 is 1.96 bits per heavy atom. The third-order valence-electron chi connectivity index (χ3n) is 3.07. The molecule has 0 saturated heterocycles. The largest absolute Gasteiger partial charge is 0.487 e. The summed E-state index contributed by atoms with van der Waals surface area (Å²) in [6.45, 7) is 3.68. The molecule has 0 aliphatic carbocycles. The van der Waals surface area contributed by atoms with Crippen molar-refractivity contribution in [2.75, 3.05) is 5.32 Å². The molecule has 0 aliphatic rings. The molecule has 9 heteroatoms. The van der Waals surface area contributed by atoms with Gasteiger partial charge in [-0.2, -0.15) is 0 Å². The van der Waals surface area contributed by atoms with Crippen LogP contribution in [0.1, 0.15) is 5.89 Å². The highest BCUT2D eigenvalue weighted by Gasteiger charge is 2.27. The third-order valence-corrected chi connectivity index (χ3v) is 3.15. The Morgan fingerprint density at radius 3 is 2.60 bits per heavy atom. The topological polar surface area (TPSA) is 73.1 Å². The van der Waals surface area contributed by atoms with Crippen LogP contribution in [0.15, 0.2) is 47.0 Å². The van der Waals surface area contributed by atoms with E-state index in [-0.39, 0.29) is 5.75 Å². The molecule has 0 aliphatic heterocycles. The number of aromatic nitrogens is 3. The molecule has 0 bridgehead atoms. The fourth-order valence-corrected chi connectivity index (χ4v) is 2.11. The molecule has 0 amide bonds. The van der Waals surface area contributed by atoms with Crippen molar-refractivity contribution in [2.45, 2.75) is 12.0 Å². The maximum absolute atomic E-state index is 12.6. The van der Waals surface area contributed by atoms with Gasteiger partial charge in [0.05, 0.1) is 5.56 Å². The molecule has 1 aromatic carbocycles. The van der Waals surface area contributed by atoms with E-state index in [0.29, 0.717) is 35.3 Å². The number of alkyl halides is 3. The summed E-state index contributed by atoms with van der Waals surface area (Å²) in [7, 11) is 0. The molecule has 1 radical (unpaired) electrons. The van der Waals surface area contributed by atoms with E-state index in [4.69, 9.17) is 16.0 Å². The second-order valence-electron chi connectivity index (χ2n) is 4.85. The van der Waals surface area contributed by atoms with Crippen LogP contribution < -0.4 is 10.1 Å². The first-order valence-corrected chi connectivity index (χ1v) is 7.52. The summed E-state index contributed by atoms with van der Waals surface area (Å²) in [6.07, 6.45) is 1.97. The number of ether oxygens (including phenoxy) is 1. The van der Waals surface area contributed by atoms with Gasteiger partial charge >= 0.3 is 5.57 Å². The van der Waals surface area contributed by atoms with Crippen molar-refractivity contribution in [3.8, 4) is 17.2 Å². The van der Waals surface area contributed by atoms with E-state index in [0.717, 1.165) is 0 Å². The second-order valence-corrected chi connectivity index (χ2v) is 5.29. The van der Waals surface area contributed by atoms with Crippen LogP contribution in [-0.2, 0) is 6.42 Å². The van der Waals surface area contributed by atoms with Crippen molar-refractivity contribution in [3.63, 3.8) is 0 Å². The minimum atomic E-state index is -3.76. The number of anilines is 2. The average molecular weight is 366 g/mol. The molecule has 3 rings (SSSR count). The maximum Gasteiger partial charge on any atom is 0.487 e. The highest BCUT2D eigenvalue weighted by atomic mass is 35.5. The first-order chi connectivity index (χ1) is 11.9. The maximum atomic E-state index is 12.6. The number of rotatable bonds is 6. The van der Waals surface area contributed by atoms with Crippen LogP contribution in [0.4, 0.5) is 20.3 Å². The smallest absolute Gasteiger partial charge is 0.421 e. The molecule has 25 heavy (non-hydrogen) atoms. The molecular formula is C16H12ClF2N4O2. The third kappa shape index (κ3) is 4.42. The van der Waals surface area contributed by atoms with Gasteiger partial charge in [0.2, 0.25) is 5.89 Å². The fourth-order valence-electron chi connectivity index (χ4n) is 2.02. The average Bonchev–Trinajstić information content (AvgIpc) is 3.05. The number of hydrogen-bond donors (Lipinski definition) is 1. The lowest BCUT2D eigenvalue weighted by Crippen LogP contribution is -2.15. The Balaban J connectivity index is 1.81. The van der Waals surface area contributed by atoms with Crippen LogP contribution in [-0.4, -0.2) is 20.7 Å². The predicted molar refractivity (Wildman–Crippen MR) is 87.7 cm³/mol. The molecule has 0 unspecified atom stereocenters. The zero-order valence-corrected chi connectivity index (χ0v) is 13.5. The molecule has 1 N–H and O–H groups in total. The molecule has 0 fully saturated rings. The summed E-state index contributed by atoms with van der Waals surface area (Å²) in [5.74, 6) is 1.12. The van der Waals surface area contributed by atoms with Crippen molar-refractivity contribution >= 4 is 23.1 Å². The van der Waals surface area contributed by atoms with Crippen LogP contribution in [0.3, 0.4) is 0 Å². The second kappa shape index (κ2) is 7.02. The van der Waals surface area contributed by atoms with E-state index in [9.17, 15) is 8.78 Å². The Kier molecular flexibility index (Phi) is 4.80. The summed E-state index contributed by atoms with van der Waals surface area (Å²) in [5, 5.41) is 10.9. The quantitative estimate of drug-likeness (QED) is 0.652. The standard InChI is InChI=1S/C16H12ClF2N4O2/c1-2-13-22-23-15(24-13)12-4-3-9-20-14(12)21-10-5-7-11(8-6-10)25-16(17,18)19/h3-9H,1-2H2,(H,20,21). The van der Waals surface area contributed by atoms with Crippen LogP contribution in [0.5, 0.6) is 5.75 Å². The van der Waals surface area contributed by atoms with E-state index < -0.39 is 5.57 Å². The van der Waals surface area contributed by atoms with Crippen molar-refractivity contribution in [1.82, 2.24) is 15.2 Å². The molecule has 2 heterocycles. The van der Waals surface area contributed by atoms with Gasteiger partial charge in [-0.3, -0.25) is 0 Å². The van der Waals surface area contributed by atoms with Gasteiger partial charge in [-0.05, 0) is 43.3 Å². The SMILES string of the molecule is [CH2]Cc1nnc(-c2cccnc2Nc2ccc(OC(F)(F)Cl)cc2)o1. The molecular weight excluding hydrogens is 354 g/mol. The monoisotopic (exact) mass is 365 g/mol. The highest BCUT2D eigenvalue weighted by Crippen LogP contribution is 2.29. The summed E-state index contributed by atoms with van der Waals surface area (Å²) in [5.41, 5.74) is -2.56. The van der Waals surface area contributed by atoms with Gasteiger partial charge in [-0.25, -0.2) is 4.98 Å². The van der Waals surface area contributed by atoms with E-state index in [2.05, 4.69) is 32.2 Å². The molecule has 2 aromatic heterocycles. The number of nitrogens with zero attached hydrogens (tertiary/aromatic N) is 3.